The van der Waals surface area contributed by atoms with Gasteiger partial charge in [-0.2, -0.15) is 5.26 Å². The maximum absolute atomic E-state index is 9.85. The first-order chi connectivity index (χ1) is 9.51. The van der Waals surface area contributed by atoms with Crippen LogP contribution in [-0.2, 0) is 0 Å². The third-order valence-corrected chi connectivity index (χ3v) is 3.22. The van der Waals surface area contributed by atoms with Gasteiger partial charge >= 0.3 is 0 Å². The molecule has 0 radical (unpaired) electrons. The van der Waals surface area contributed by atoms with Crippen LogP contribution in [0.15, 0.2) is 36.4 Å². The standard InChI is InChI=1S/C16H16N2O2/c1-10-3-4-12(9-17)7-15(10)18-11(2)14-8-13(19)5-6-16(14)20/h3-8,11,18-20H,1-2H3. The largest absolute Gasteiger partial charge is 0.508 e. The van der Waals surface area contributed by atoms with Crippen LogP contribution in [0.25, 0.3) is 0 Å². The zero-order valence-electron chi connectivity index (χ0n) is 11.4. The molecular formula is C16H16N2O2. The molecule has 0 aliphatic heterocycles. The number of phenols is 2. The van der Waals surface area contributed by atoms with Crippen molar-refractivity contribution in [1.82, 2.24) is 0 Å². The monoisotopic (exact) mass is 268 g/mol. The quantitative estimate of drug-likeness (QED) is 0.745. The SMILES string of the molecule is Cc1ccc(C#N)cc1NC(C)c1cc(O)ccc1O. The van der Waals surface area contributed by atoms with Gasteiger partial charge in [-0.1, -0.05) is 6.07 Å². The predicted octanol–water partition coefficient (Wildman–Crippen LogP) is 3.45. The van der Waals surface area contributed by atoms with Gasteiger partial charge in [0.25, 0.3) is 0 Å². The maximum Gasteiger partial charge on any atom is 0.121 e. The number of nitrogens with one attached hydrogen (secondary N) is 1. The van der Waals surface area contributed by atoms with Crippen molar-refractivity contribution >= 4 is 5.69 Å². The third-order valence-electron chi connectivity index (χ3n) is 3.22. The summed E-state index contributed by atoms with van der Waals surface area (Å²) in [7, 11) is 0. The summed E-state index contributed by atoms with van der Waals surface area (Å²) in [6.07, 6.45) is 0. The Labute approximate surface area is 117 Å². The molecule has 1 atom stereocenters. The molecular weight excluding hydrogens is 252 g/mol. The second kappa shape index (κ2) is 5.54. The van der Waals surface area contributed by atoms with Crippen LogP contribution in [0.2, 0.25) is 0 Å². The fraction of sp³-hybridized carbons (Fsp3) is 0.188. The molecule has 4 nitrogen and oxygen atoms in total. The van der Waals surface area contributed by atoms with Gasteiger partial charge in [-0.25, -0.2) is 0 Å². The second-order valence-electron chi connectivity index (χ2n) is 4.75. The third kappa shape index (κ3) is 2.83. The van der Waals surface area contributed by atoms with E-state index in [0.717, 1.165) is 11.3 Å². The first kappa shape index (κ1) is 13.8. The Morgan fingerprint density at radius 2 is 1.90 bits per heavy atom. The van der Waals surface area contributed by atoms with E-state index in [1.165, 1.54) is 18.2 Å². The van der Waals surface area contributed by atoms with Crippen molar-refractivity contribution in [2.24, 2.45) is 0 Å². The topological polar surface area (TPSA) is 76.3 Å². The summed E-state index contributed by atoms with van der Waals surface area (Å²) in [6, 6.07) is 11.7. The van der Waals surface area contributed by atoms with Gasteiger partial charge in [0.15, 0.2) is 0 Å². The van der Waals surface area contributed by atoms with Gasteiger partial charge in [0.05, 0.1) is 17.7 Å². The number of aryl methyl sites for hydroxylation is 1. The number of aromatic hydroxyl groups is 2. The van der Waals surface area contributed by atoms with Gasteiger partial charge in [0, 0.05) is 11.3 Å². The van der Waals surface area contributed by atoms with Crippen molar-refractivity contribution in [2.75, 3.05) is 5.32 Å². The highest BCUT2D eigenvalue weighted by molar-refractivity contribution is 5.57. The van der Waals surface area contributed by atoms with Gasteiger partial charge in [-0.05, 0) is 49.7 Å². The van der Waals surface area contributed by atoms with Crippen molar-refractivity contribution in [3.63, 3.8) is 0 Å². The van der Waals surface area contributed by atoms with Crippen LogP contribution in [0.5, 0.6) is 11.5 Å². The summed E-state index contributed by atoms with van der Waals surface area (Å²) in [6.45, 7) is 3.82. The molecule has 0 saturated heterocycles. The van der Waals surface area contributed by atoms with Crippen molar-refractivity contribution < 1.29 is 10.2 Å². The molecule has 0 spiro atoms. The molecule has 4 heteroatoms. The Morgan fingerprint density at radius 3 is 2.60 bits per heavy atom. The number of benzene rings is 2. The van der Waals surface area contributed by atoms with Crippen LogP contribution < -0.4 is 5.32 Å². The summed E-state index contributed by atoms with van der Waals surface area (Å²) in [5, 5.41) is 31.5. The number of anilines is 1. The highest BCUT2D eigenvalue weighted by Gasteiger charge is 2.12. The molecule has 0 amide bonds. The lowest BCUT2D eigenvalue weighted by molar-refractivity contribution is 0.451. The fourth-order valence-corrected chi connectivity index (χ4v) is 2.05. The maximum atomic E-state index is 9.85. The van der Waals surface area contributed by atoms with Crippen LogP contribution in [0.3, 0.4) is 0 Å². The average Bonchev–Trinajstić information content (AvgIpc) is 2.43. The first-order valence-corrected chi connectivity index (χ1v) is 6.30. The van der Waals surface area contributed by atoms with Gasteiger partial charge in [0.2, 0.25) is 0 Å². The first-order valence-electron chi connectivity index (χ1n) is 6.30. The molecule has 20 heavy (non-hydrogen) atoms. The summed E-state index contributed by atoms with van der Waals surface area (Å²) in [5.74, 6) is 0.228. The number of hydrogen-bond donors (Lipinski definition) is 3. The minimum Gasteiger partial charge on any atom is -0.508 e. The van der Waals surface area contributed by atoms with E-state index in [-0.39, 0.29) is 17.5 Å². The normalized spacial score (nSPS) is 11.7. The summed E-state index contributed by atoms with van der Waals surface area (Å²) >= 11 is 0. The van der Waals surface area contributed by atoms with Crippen molar-refractivity contribution in [2.45, 2.75) is 19.9 Å². The van der Waals surface area contributed by atoms with E-state index >= 15 is 0 Å². The highest BCUT2D eigenvalue weighted by atomic mass is 16.3. The van der Waals surface area contributed by atoms with Crippen molar-refractivity contribution in [1.29, 1.82) is 5.26 Å². The predicted molar refractivity (Wildman–Crippen MR) is 77.7 cm³/mol. The minimum atomic E-state index is -0.199. The Morgan fingerprint density at radius 1 is 1.15 bits per heavy atom. The molecule has 0 fully saturated rings. The van der Waals surface area contributed by atoms with E-state index in [4.69, 9.17) is 5.26 Å². The molecule has 0 aromatic heterocycles. The number of nitrogens with zero attached hydrogens (tertiary/aromatic N) is 1. The minimum absolute atomic E-state index is 0.106. The molecule has 0 saturated carbocycles. The molecule has 2 rings (SSSR count). The van der Waals surface area contributed by atoms with Crippen LogP contribution in [0.1, 0.15) is 29.7 Å². The molecule has 0 bridgehead atoms. The van der Waals surface area contributed by atoms with Crippen molar-refractivity contribution in [3.8, 4) is 17.6 Å². The second-order valence-corrected chi connectivity index (χ2v) is 4.75. The lowest BCUT2D eigenvalue weighted by Gasteiger charge is -2.18. The number of rotatable bonds is 3. The van der Waals surface area contributed by atoms with Crippen LogP contribution in [0.4, 0.5) is 5.69 Å². The molecule has 102 valence electrons. The Kier molecular flexibility index (Phi) is 3.81. The van der Waals surface area contributed by atoms with E-state index in [0.29, 0.717) is 11.1 Å². The highest BCUT2D eigenvalue weighted by Crippen LogP contribution is 2.31. The fourth-order valence-electron chi connectivity index (χ4n) is 2.05. The zero-order valence-corrected chi connectivity index (χ0v) is 11.4. The average molecular weight is 268 g/mol. The summed E-state index contributed by atoms with van der Waals surface area (Å²) < 4.78 is 0. The van der Waals surface area contributed by atoms with E-state index < -0.39 is 0 Å². The molecule has 0 aliphatic rings. The Bertz CT molecular complexity index is 675. The number of nitriles is 1. The van der Waals surface area contributed by atoms with E-state index in [1.807, 2.05) is 19.9 Å². The molecule has 0 aliphatic carbocycles. The lowest BCUT2D eigenvalue weighted by atomic mass is 10.0. The molecule has 0 heterocycles. The van der Waals surface area contributed by atoms with E-state index in [1.54, 1.807) is 12.1 Å². The lowest BCUT2D eigenvalue weighted by Crippen LogP contribution is -2.08. The van der Waals surface area contributed by atoms with Gasteiger partial charge in [0.1, 0.15) is 11.5 Å². The van der Waals surface area contributed by atoms with Gasteiger partial charge in [-0.15, -0.1) is 0 Å². The van der Waals surface area contributed by atoms with Crippen LogP contribution in [0, 0.1) is 18.3 Å². The number of phenolic OH excluding ortho intramolecular Hbond substituents is 2. The summed E-state index contributed by atoms with van der Waals surface area (Å²) in [5.41, 5.74) is 3.02. The molecule has 1 unspecified atom stereocenters. The molecule has 2 aromatic rings. The van der Waals surface area contributed by atoms with E-state index in [9.17, 15) is 10.2 Å². The zero-order chi connectivity index (χ0) is 14.7. The van der Waals surface area contributed by atoms with Crippen LogP contribution in [-0.4, -0.2) is 10.2 Å². The Hall–Kier alpha value is -2.67. The molecule has 2 aromatic carbocycles. The van der Waals surface area contributed by atoms with Gasteiger partial charge in [-0.3, -0.25) is 0 Å². The number of hydrogen-bond acceptors (Lipinski definition) is 4. The summed E-state index contributed by atoms with van der Waals surface area (Å²) in [4.78, 5) is 0. The van der Waals surface area contributed by atoms with Crippen molar-refractivity contribution in [3.05, 3.63) is 53.1 Å². The van der Waals surface area contributed by atoms with E-state index in [2.05, 4.69) is 11.4 Å². The smallest absolute Gasteiger partial charge is 0.121 e. The van der Waals surface area contributed by atoms with Gasteiger partial charge < -0.3 is 15.5 Å². The Balaban J connectivity index is 2.30. The molecule has 3 N–H and O–H groups in total. The van der Waals surface area contributed by atoms with Crippen LogP contribution >= 0.6 is 0 Å².